The van der Waals surface area contributed by atoms with Gasteiger partial charge in [-0.1, -0.05) is 35.9 Å². The second kappa shape index (κ2) is 7.75. The fraction of sp³-hybridized carbons (Fsp3) is 0.208. The number of rotatable bonds is 4. The van der Waals surface area contributed by atoms with Gasteiger partial charge >= 0.3 is 0 Å². The van der Waals surface area contributed by atoms with Crippen LogP contribution < -0.4 is 10.9 Å². The maximum Gasteiger partial charge on any atom is 0.264 e. The Kier molecular flexibility index (Phi) is 4.78. The van der Waals surface area contributed by atoms with Crippen LogP contribution in [0.25, 0.3) is 22.4 Å². The highest BCUT2D eigenvalue weighted by Crippen LogP contribution is 2.25. The van der Waals surface area contributed by atoms with E-state index in [2.05, 4.69) is 26.3 Å². The van der Waals surface area contributed by atoms with Gasteiger partial charge in [0, 0.05) is 17.4 Å². The first-order valence-corrected chi connectivity index (χ1v) is 10.3. The van der Waals surface area contributed by atoms with Gasteiger partial charge in [0.15, 0.2) is 11.5 Å². The first kappa shape index (κ1) is 19.1. The van der Waals surface area contributed by atoms with E-state index in [1.165, 1.54) is 28.2 Å². The molecule has 154 valence electrons. The number of carbonyl (C=O) groups is 1. The molecule has 7 nitrogen and oxygen atoms in total. The van der Waals surface area contributed by atoms with Crippen LogP contribution in [-0.4, -0.2) is 25.4 Å². The third-order valence-electron chi connectivity index (χ3n) is 5.59. The van der Waals surface area contributed by atoms with Crippen LogP contribution in [0.1, 0.15) is 23.1 Å². The van der Waals surface area contributed by atoms with Crippen LogP contribution in [0.15, 0.2) is 59.8 Å². The van der Waals surface area contributed by atoms with Gasteiger partial charge in [-0.05, 0) is 49.4 Å². The summed E-state index contributed by atoms with van der Waals surface area (Å²) in [6.45, 7) is 1.88. The minimum atomic E-state index is -0.343. The van der Waals surface area contributed by atoms with Crippen LogP contribution in [0.3, 0.4) is 0 Å². The standard InChI is InChI=1S/C24H21N5O2/c1-15-5-7-17(8-6-15)22-25-12-20-23(28-22)26-14-29(24(20)31)13-21(30)27-19-10-9-16-3-2-4-18(16)11-19/h5-12,14H,2-4,13H2,1H3,(H,27,30). The molecule has 2 aromatic heterocycles. The fourth-order valence-corrected chi connectivity index (χ4v) is 3.91. The van der Waals surface area contributed by atoms with Gasteiger partial charge in [-0.25, -0.2) is 15.0 Å². The second-order valence-corrected chi connectivity index (χ2v) is 7.86. The Bertz CT molecular complexity index is 1360. The summed E-state index contributed by atoms with van der Waals surface area (Å²) in [5.41, 5.74) is 5.34. The van der Waals surface area contributed by atoms with E-state index in [9.17, 15) is 9.59 Å². The van der Waals surface area contributed by atoms with E-state index >= 15 is 0 Å². The zero-order valence-electron chi connectivity index (χ0n) is 17.1. The third kappa shape index (κ3) is 3.82. The van der Waals surface area contributed by atoms with Crippen LogP contribution in [-0.2, 0) is 24.2 Å². The second-order valence-electron chi connectivity index (χ2n) is 7.86. The summed E-state index contributed by atoms with van der Waals surface area (Å²) < 4.78 is 1.28. The first-order chi connectivity index (χ1) is 15.1. The predicted molar refractivity (Wildman–Crippen MR) is 119 cm³/mol. The summed E-state index contributed by atoms with van der Waals surface area (Å²) >= 11 is 0. The van der Waals surface area contributed by atoms with Gasteiger partial charge in [-0.2, -0.15) is 0 Å². The van der Waals surface area contributed by atoms with Crippen molar-refractivity contribution < 1.29 is 4.79 Å². The van der Waals surface area contributed by atoms with E-state index in [-0.39, 0.29) is 23.4 Å². The topological polar surface area (TPSA) is 89.8 Å². The Balaban J connectivity index is 1.37. The van der Waals surface area contributed by atoms with Gasteiger partial charge in [-0.15, -0.1) is 0 Å². The molecule has 0 bridgehead atoms. The molecular formula is C24H21N5O2. The zero-order valence-corrected chi connectivity index (χ0v) is 17.1. The molecule has 2 heterocycles. The van der Waals surface area contributed by atoms with Gasteiger partial charge in [0.25, 0.3) is 5.56 Å². The quantitative estimate of drug-likeness (QED) is 0.557. The molecule has 4 aromatic rings. The maximum atomic E-state index is 12.8. The number of aromatic nitrogens is 4. The van der Waals surface area contributed by atoms with Gasteiger partial charge in [0.1, 0.15) is 18.3 Å². The van der Waals surface area contributed by atoms with Crippen molar-refractivity contribution in [3.8, 4) is 11.4 Å². The molecule has 5 rings (SSSR count). The van der Waals surface area contributed by atoms with Crippen molar-refractivity contribution in [1.82, 2.24) is 19.5 Å². The number of carbonyl (C=O) groups excluding carboxylic acids is 1. The SMILES string of the molecule is Cc1ccc(-c2ncc3c(=O)n(CC(=O)Nc4ccc5c(c4)CCC5)cnc3n2)cc1. The summed E-state index contributed by atoms with van der Waals surface area (Å²) in [4.78, 5) is 38.4. The van der Waals surface area contributed by atoms with Gasteiger partial charge < -0.3 is 5.32 Å². The lowest BCUT2D eigenvalue weighted by atomic mass is 10.1. The smallest absolute Gasteiger partial charge is 0.264 e. The van der Waals surface area contributed by atoms with Crippen LogP contribution in [0.4, 0.5) is 5.69 Å². The maximum absolute atomic E-state index is 12.8. The van der Waals surface area contributed by atoms with Crippen LogP contribution in [0.5, 0.6) is 0 Å². The van der Waals surface area contributed by atoms with E-state index in [0.717, 1.165) is 36.1 Å². The summed E-state index contributed by atoms with van der Waals surface area (Å²) in [5.74, 6) is 0.227. The molecule has 0 aliphatic heterocycles. The Labute approximate surface area is 178 Å². The average Bonchev–Trinajstić information content (AvgIpc) is 3.24. The zero-order chi connectivity index (χ0) is 21.4. The van der Waals surface area contributed by atoms with E-state index in [1.54, 1.807) is 0 Å². The number of amides is 1. The van der Waals surface area contributed by atoms with Crippen molar-refractivity contribution >= 4 is 22.6 Å². The molecule has 0 fully saturated rings. The Morgan fingerprint density at radius 3 is 2.71 bits per heavy atom. The van der Waals surface area contributed by atoms with E-state index < -0.39 is 0 Å². The highest BCUT2D eigenvalue weighted by molar-refractivity contribution is 5.91. The third-order valence-corrected chi connectivity index (χ3v) is 5.59. The van der Waals surface area contributed by atoms with E-state index in [1.807, 2.05) is 43.3 Å². The largest absolute Gasteiger partial charge is 0.325 e. The molecule has 2 aromatic carbocycles. The highest BCUT2D eigenvalue weighted by Gasteiger charge is 2.14. The van der Waals surface area contributed by atoms with Crippen molar-refractivity contribution in [2.24, 2.45) is 0 Å². The number of nitrogens with one attached hydrogen (secondary N) is 1. The minimum Gasteiger partial charge on any atom is -0.325 e. The summed E-state index contributed by atoms with van der Waals surface area (Å²) in [6.07, 6.45) is 6.12. The number of hydrogen-bond acceptors (Lipinski definition) is 5. The lowest BCUT2D eigenvalue weighted by molar-refractivity contribution is -0.116. The van der Waals surface area contributed by atoms with Gasteiger partial charge in [0.2, 0.25) is 5.91 Å². The lowest BCUT2D eigenvalue weighted by Crippen LogP contribution is -2.28. The van der Waals surface area contributed by atoms with Crippen molar-refractivity contribution in [1.29, 1.82) is 0 Å². The van der Waals surface area contributed by atoms with Crippen LogP contribution in [0.2, 0.25) is 0 Å². The number of hydrogen-bond donors (Lipinski definition) is 1. The number of nitrogens with zero attached hydrogens (tertiary/aromatic N) is 4. The monoisotopic (exact) mass is 411 g/mol. The Morgan fingerprint density at radius 1 is 1.06 bits per heavy atom. The number of benzene rings is 2. The summed E-state index contributed by atoms with van der Waals surface area (Å²) in [6, 6.07) is 13.8. The summed E-state index contributed by atoms with van der Waals surface area (Å²) in [7, 11) is 0. The molecule has 0 saturated carbocycles. The molecule has 0 saturated heterocycles. The lowest BCUT2D eigenvalue weighted by Gasteiger charge is -2.09. The van der Waals surface area contributed by atoms with Crippen molar-refractivity contribution in [3.05, 3.63) is 82.0 Å². The minimum absolute atomic E-state index is 0.126. The average molecular weight is 411 g/mol. The molecule has 0 spiro atoms. The number of fused-ring (bicyclic) bond motifs is 2. The van der Waals surface area contributed by atoms with Crippen molar-refractivity contribution in [2.45, 2.75) is 32.7 Å². The summed E-state index contributed by atoms with van der Waals surface area (Å²) in [5, 5.41) is 3.15. The Morgan fingerprint density at radius 2 is 1.87 bits per heavy atom. The molecule has 1 aliphatic carbocycles. The van der Waals surface area contributed by atoms with E-state index in [0.29, 0.717) is 11.5 Å². The molecule has 1 N–H and O–H groups in total. The highest BCUT2D eigenvalue weighted by atomic mass is 16.2. The van der Waals surface area contributed by atoms with Crippen molar-refractivity contribution in [3.63, 3.8) is 0 Å². The number of aryl methyl sites for hydroxylation is 3. The molecule has 0 radical (unpaired) electrons. The molecule has 31 heavy (non-hydrogen) atoms. The van der Waals surface area contributed by atoms with Crippen LogP contribution in [0, 0.1) is 6.92 Å². The molecule has 7 heteroatoms. The molecular weight excluding hydrogens is 390 g/mol. The molecule has 0 atom stereocenters. The number of anilines is 1. The molecule has 1 amide bonds. The van der Waals surface area contributed by atoms with Gasteiger partial charge in [0.05, 0.1) is 0 Å². The molecule has 0 unspecified atom stereocenters. The van der Waals surface area contributed by atoms with Crippen molar-refractivity contribution in [2.75, 3.05) is 5.32 Å². The first-order valence-electron chi connectivity index (χ1n) is 10.3. The Hall–Kier alpha value is -3.87. The van der Waals surface area contributed by atoms with Crippen LogP contribution >= 0.6 is 0 Å². The predicted octanol–water partition coefficient (Wildman–Crippen LogP) is 3.29. The normalized spacial score (nSPS) is 12.7. The molecule has 1 aliphatic rings. The fourth-order valence-electron chi connectivity index (χ4n) is 3.91. The van der Waals surface area contributed by atoms with Gasteiger partial charge in [-0.3, -0.25) is 14.2 Å². The van der Waals surface area contributed by atoms with E-state index in [4.69, 9.17) is 0 Å².